The number of rotatable bonds is 6. The van der Waals surface area contributed by atoms with E-state index in [1.807, 2.05) is 0 Å². The highest BCUT2D eigenvalue weighted by Gasteiger charge is 2.35. The molecule has 1 aliphatic rings. The number of carbonyl (C=O) groups excluding carboxylic acids is 2. The molecule has 29 heavy (non-hydrogen) atoms. The van der Waals surface area contributed by atoms with Crippen molar-refractivity contribution in [1.82, 2.24) is 0 Å². The van der Waals surface area contributed by atoms with Gasteiger partial charge in [0.25, 0.3) is 5.91 Å². The molecule has 1 fully saturated rings. The minimum Gasteiger partial charge on any atom is -0.481 e. The quantitative estimate of drug-likeness (QED) is 0.580. The standard InChI is InChI=1S/C19H15BrF4N2O3/c20-11-3-6-16(14(21)7-11)29-9-17(27)26-15-5-4-12(8-13(15)19(22,23)24)25-18(28)10-1-2-10/h3-8,10H,1-2,9H2,(H,25,28)(H,26,27). The molecule has 2 amide bonds. The predicted octanol–water partition coefficient (Wildman–Crippen LogP) is 4.97. The first-order valence-electron chi connectivity index (χ1n) is 8.53. The number of alkyl halides is 3. The molecule has 2 aromatic rings. The van der Waals surface area contributed by atoms with Crippen LogP contribution in [0.5, 0.6) is 5.75 Å². The second-order valence-corrected chi connectivity index (χ2v) is 7.35. The first kappa shape index (κ1) is 21.1. The molecule has 1 aliphatic carbocycles. The van der Waals surface area contributed by atoms with E-state index < -0.39 is 35.8 Å². The lowest BCUT2D eigenvalue weighted by Gasteiger charge is -2.16. The zero-order valence-corrected chi connectivity index (χ0v) is 16.4. The Bertz CT molecular complexity index is 946. The molecule has 0 atom stereocenters. The van der Waals surface area contributed by atoms with Crippen molar-refractivity contribution in [2.75, 3.05) is 17.2 Å². The van der Waals surface area contributed by atoms with Gasteiger partial charge in [-0.05, 0) is 49.2 Å². The Labute approximate surface area is 171 Å². The van der Waals surface area contributed by atoms with Crippen LogP contribution in [0.2, 0.25) is 0 Å². The van der Waals surface area contributed by atoms with Crippen molar-refractivity contribution in [2.45, 2.75) is 19.0 Å². The molecule has 0 aliphatic heterocycles. The molecular weight excluding hydrogens is 460 g/mol. The highest BCUT2D eigenvalue weighted by atomic mass is 79.9. The van der Waals surface area contributed by atoms with Crippen LogP contribution in [0.15, 0.2) is 40.9 Å². The van der Waals surface area contributed by atoms with E-state index in [-0.39, 0.29) is 23.3 Å². The van der Waals surface area contributed by atoms with Crippen molar-refractivity contribution in [1.29, 1.82) is 0 Å². The Morgan fingerprint density at radius 2 is 1.83 bits per heavy atom. The Kier molecular flexibility index (Phi) is 6.11. The van der Waals surface area contributed by atoms with Crippen LogP contribution >= 0.6 is 15.9 Å². The molecule has 2 N–H and O–H groups in total. The summed E-state index contributed by atoms with van der Waals surface area (Å²) < 4.78 is 59.3. The van der Waals surface area contributed by atoms with Gasteiger partial charge in [-0.25, -0.2) is 4.39 Å². The number of amides is 2. The van der Waals surface area contributed by atoms with Gasteiger partial charge in [-0.1, -0.05) is 15.9 Å². The van der Waals surface area contributed by atoms with E-state index in [2.05, 4.69) is 26.6 Å². The van der Waals surface area contributed by atoms with Gasteiger partial charge in [-0.3, -0.25) is 9.59 Å². The van der Waals surface area contributed by atoms with Crippen molar-refractivity contribution in [3.8, 4) is 5.75 Å². The van der Waals surface area contributed by atoms with E-state index in [0.29, 0.717) is 17.3 Å². The monoisotopic (exact) mass is 474 g/mol. The van der Waals surface area contributed by atoms with Crippen LogP contribution in [-0.4, -0.2) is 18.4 Å². The Morgan fingerprint density at radius 3 is 2.45 bits per heavy atom. The van der Waals surface area contributed by atoms with Gasteiger partial charge >= 0.3 is 6.18 Å². The minimum absolute atomic E-state index is 0.0135. The van der Waals surface area contributed by atoms with E-state index in [4.69, 9.17) is 4.74 Å². The van der Waals surface area contributed by atoms with E-state index in [0.717, 1.165) is 18.2 Å². The maximum Gasteiger partial charge on any atom is 0.418 e. The molecule has 10 heteroatoms. The Balaban J connectivity index is 1.69. The normalized spacial score (nSPS) is 13.7. The number of benzene rings is 2. The summed E-state index contributed by atoms with van der Waals surface area (Å²) in [6.07, 6.45) is -3.34. The average molecular weight is 475 g/mol. The number of halogens is 5. The molecule has 0 saturated heterocycles. The Morgan fingerprint density at radius 1 is 1.10 bits per heavy atom. The third-order valence-electron chi connectivity index (χ3n) is 4.07. The van der Waals surface area contributed by atoms with Crippen LogP contribution in [0.3, 0.4) is 0 Å². The van der Waals surface area contributed by atoms with E-state index >= 15 is 0 Å². The molecule has 1 saturated carbocycles. The van der Waals surface area contributed by atoms with Gasteiger partial charge in [0.05, 0.1) is 11.3 Å². The van der Waals surface area contributed by atoms with E-state index in [1.54, 1.807) is 0 Å². The van der Waals surface area contributed by atoms with Gasteiger partial charge in [-0.2, -0.15) is 13.2 Å². The number of hydrogen-bond acceptors (Lipinski definition) is 3. The van der Waals surface area contributed by atoms with Gasteiger partial charge < -0.3 is 15.4 Å². The SMILES string of the molecule is O=C(COc1ccc(Br)cc1F)Nc1ccc(NC(=O)C2CC2)cc1C(F)(F)F. The molecule has 3 rings (SSSR count). The van der Waals surface area contributed by atoms with E-state index in [9.17, 15) is 27.2 Å². The second kappa shape index (κ2) is 8.40. The summed E-state index contributed by atoms with van der Waals surface area (Å²) in [7, 11) is 0. The van der Waals surface area contributed by atoms with E-state index in [1.165, 1.54) is 18.2 Å². The number of nitrogens with one attached hydrogen (secondary N) is 2. The van der Waals surface area contributed by atoms with Crippen LogP contribution < -0.4 is 15.4 Å². The van der Waals surface area contributed by atoms with Crippen LogP contribution in [0.4, 0.5) is 28.9 Å². The molecule has 0 aromatic heterocycles. The summed E-state index contributed by atoms with van der Waals surface area (Å²) in [6.45, 7) is -0.685. The van der Waals surface area contributed by atoms with Crippen molar-refractivity contribution in [3.05, 3.63) is 52.3 Å². The van der Waals surface area contributed by atoms with Gasteiger partial charge in [0.2, 0.25) is 5.91 Å². The Hall–Kier alpha value is -2.62. The molecule has 0 heterocycles. The summed E-state index contributed by atoms with van der Waals surface area (Å²) in [6, 6.07) is 6.97. The lowest BCUT2D eigenvalue weighted by molar-refractivity contribution is -0.137. The summed E-state index contributed by atoms with van der Waals surface area (Å²) >= 11 is 3.07. The molecule has 5 nitrogen and oxygen atoms in total. The highest BCUT2D eigenvalue weighted by molar-refractivity contribution is 9.10. The van der Waals surface area contributed by atoms with Crippen molar-refractivity contribution in [2.24, 2.45) is 5.92 Å². The molecular formula is C19H15BrF4N2O3. The third-order valence-corrected chi connectivity index (χ3v) is 4.56. The summed E-state index contributed by atoms with van der Waals surface area (Å²) in [5.74, 6) is -2.33. The van der Waals surface area contributed by atoms with Gasteiger partial charge in [0, 0.05) is 16.1 Å². The predicted molar refractivity (Wildman–Crippen MR) is 101 cm³/mol. The molecule has 0 bridgehead atoms. The van der Waals surface area contributed by atoms with Crippen LogP contribution in [0, 0.1) is 11.7 Å². The maximum absolute atomic E-state index is 13.7. The fraction of sp³-hybridized carbons (Fsp3) is 0.263. The van der Waals surface area contributed by atoms with Crippen LogP contribution in [0.25, 0.3) is 0 Å². The molecule has 0 unspecified atom stereocenters. The number of carbonyl (C=O) groups is 2. The average Bonchev–Trinajstić information content (AvgIpc) is 3.46. The van der Waals surface area contributed by atoms with Gasteiger partial charge in [0.15, 0.2) is 18.2 Å². The lowest BCUT2D eigenvalue weighted by atomic mass is 10.1. The summed E-state index contributed by atoms with van der Waals surface area (Å²) in [5, 5.41) is 4.54. The number of anilines is 2. The summed E-state index contributed by atoms with van der Waals surface area (Å²) in [4.78, 5) is 23.8. The number of ether oxygens (including phenoxy) is 1. The first-order chi connectivity index (χ1) is 13.6. The van der Waals surface area contributed by atoms with Gasteiger partial charge in [-0.15, -0.1) is 0 Å². The zero-order chi connectivity index (χ0) is 21.2. The maximum atomic E-state index is 13.7. The largest absolute Gasteiger partial charge is 0.481 e. The van der Waals surface area contributed by atoms with Crippen LogP contribution in [-0.2, 0) is 15.8 Å². The zero-order valence-electron chi connectivity index (χ0n) is 14.8. The summed E-state index contributed by atoms with van der Waals surface area (Å²) in [5.41, 5.74) is -1.62. The molecule has 2 aromatic carbocycles. The molecule has 0 spiro atoms. The lowest BCUT2D eigenvalue weighted by Crippen LogP contribution is -2.23. The fourth-order valence-electron chi connectivity index (χ4n) is 2.48. The minimum atomic E-state index is -4.76. The third kappa shape index (κ3) is 5.69. The first-order valence-corrected chi connectivity index (χ1v) is 9.32. The molecule has 154 valence electrons. The number of hydrogen-bond donors (Lipinski definition) is 2. The highest BCUT2D eigenvalue weighted by Crippen LogP contribution is 2.37. The van der Waals surface area contributed by atoms with Gasteiger partial charge in [0.1, 0.15) is 0 Å². The van der Waals surface area contributed by atoms with Crippen molar-refractivity contribution in [3.63, 3.8) is 0 Å². The van der Waals surface area contributed by atoms with Crippen molar-refractivity contribution < 1.29 is 31.9 Å². The fourth-order valence-corrected chi connectivity index (χ4v) is 2.81. The molecule has 0 radical (unpaired) electrons. The van der Waals surface area contributed by atoms with Crippen molar-refractivity contribution >= 4 is 39.1 Å². The smallest absolute Gasteiger partial charge is 0.418 e. The second-order valence-electron chi connectivity index (χ2n) is 6.43. The topological polar surface area (TPSA) is 67.4 Å². The van der Waals surface area contributed by atoms with Crippen LogP contribution in [0.1, 0.15) is 18.4 Å².